The predicted molar refractivity (Wildman–Crippen MR) is 337 cm³/mol. The fraction of sp³-hybridized carbons (Fsp3) is 0.516. The zero-order valence-electron chi connectivity index (χ0n) is 53.1. The Bertz CT molecular complexity index is 3420. The average Bonchev–Trinajstić information content (AvgIpc) is 1.62. The van der Waals surface area contributed by atoms with E-state index in [1.54, 1.807) is 64.1 Å². The Morgan fingerprint density at radius 3 is 2.09 bits per heavy atom. The van der Waals surface area contributed by atoms with Crippen LogP contribution in [0.1, 0.15) is 78.4 Å². The summed E-state index contributed by atoms with van der Waals surface area (Å²) in [4.78, 5) is 199. The number of aliphatic hydroxyl groups is 3. The van der Waals surface area contributed by atoms with Crippen LogP contribution in [0.3, 0.4) is 0 Å². The minimum Gasteiger partial charge on any atom is -0.394 e. The van der Waals surface area contributed by atoms with Crippen molar-refractivity contribution in [1.29, 1.82) is 0 Å². The Morgan fingerprint density at radius 1 is 0.745 bits per heavy atom. The van der Waals surface area contributed by atoms with Gasteiger partial charge in [-0.15, -0.1) is 11.8 Å². The first kappa shape index (κ1) is 72.2. The molecule has 0 saturated carbocycles. The van der Waals surface area contributed by atoms with Crippen LogP contribution in [0.25, 0.3) is 10.9 Å². The highest BCUT2D eigenvalue weighted by Gasteiger charge is 2.45. The topological polar surface area (TPSA) is 445 Å². The van der Waals surface area contributed by atoms with Crippen LogP contribution in [0.4, 0.5) is 5.69 Å². The molecule has 0 aliphatic carbocycles. The van der Waals surface area contributed by atoms with Gasteiger partial charge >= 0.3 is 0 Å². The highest BCUT2D eigenvalue weighted by molar-refractivity contribution is 7.99. The molecule has 1 saturated heterocycles. The number of thioether (sulfide) groups is 1. The van der Waals surface area contributed by atoms with Gasteiger partial charge in [0.2, 0.25) is 70.9 Å². The van der Waals surface area contributed by atoms with Crippen LogP contribution in [0.2, 0.25) is 0 Å². The maximum Gasteiger partial charge on any atom is 0.253 e. The lowest BCUT2D eigenvalue weighted by atomic mass is 9.93. The molecule has 2 bridgehead atoms. The summed E-state index contributed by atoms with van der Waals surface area (Å²) < 4.78 is 0. The number of hydrogen-bond donors (Lipinski definition) is 14. The molecule has 32 heteroatoms. The summed E-state index contributed by atoms with van der Waals surface area (Å²) >= 11 is 1.01. The molecule has 1 aromatic heterocycles. The highest BCUT2D eigenvalue weighted by atomic mass is 32.2. The summed E-state index contributed by atoms with van der Waals surface area (Å²) in [6.45, 7) is 6.37. The van der Waals surface area contributed by atoms with Crippen LogP contribution in [0, 0.1) is 17.8 Å². The molecule has 508 valence electrons. The Hall–Kier alpha value is -9.27. The number of H-pyrrole nitrogens is 1. The third-order valence-corrected chi connectivity index (χ3v) is 18.1. The van der Waals surface area contributed by atoms with E-state index in [-0.39, 0.29) is 37.4 Å². The number of hydrogen-bond acceptors (Lipinski definition) is 18. The Kier molecular flexibility index (Phi) is 25.0. The second kappa shape index (κ2) is 32.5. The number of carbonyl (C=O) groups is 14. The molecule has 4 aliphatic rings. The van der Waals surface area contributed by atoms with E-state index in [0.717, 1.165) is 38.6 Å². The number of nitrogens with one attached hydrogen (secondary N) is 11. The maximum atomic E-state index is 15.1. The number of imide groups is 1. The molecule has 1 fully saturated rings. The van der Waals surface area contributed by atoms with Crippen molar-refractivity contribution in [3.63, 3.8) is 0 Å². The van der Waals surface area contributed by atoms with Gasteiger partial charge in [-0.05, 0) is 48.1 Å². The molecule has 3 aromatic rings. The molecule has 4 aliphatic heterocycles. The van der Waals surface area contributed by atoms with Crippen molar-refractivity contribution in [2.45, 2.75) is 146 Å². The molecule has 7 rings (SSSR count). The summed E-state index contributed by atoms with van der Waals surface area (Å²) in [5, 5.41) is 59.2. The van der Waals surface area contributed by atoms with Gasteiger partial charge in [0.25, 0.3) is 11.8 Å². The van der Waals surface area contributed by atoms with Crippen molar-refractivity contribution in [3.8, 4) is 0 Å². The van der Waals surface area contributed by atoms with Crippen molar-refractivity contribution in [2.24, 2.45) is 17.8 Å². The second-order valence-corrected chi connectivity index (χ2v) is 25.1. The first-order valence-corrected chi connectivity index (χ1v) is 31.9. The quantitative estimate of drug-likeness (QED) is 0.0548. The van der Waals surface area contributed by atoms with Gasteiger partial charge in [0, 0.05) is 86.4 Å². The molecule has 12 atom stereocenters. The van der Waals surface area contributed by atoms with Crippen molar-refractivity contribution >= 4 is 111 Å². The number of likely N-dealkylation sites (N-methyl/N-ethyl adjacent to an activating group) is 1. The normalized spacial score (nSPS) is 23.7. The molecule has 0 unspecified atom stereocenters. The predicted octanol–water partition coefficient (Wildman–Crippen LogP) is -3.57. The van der Waals surface area contributed by atoms with Crippen LogP contribution in [0.15, 0.2) is 65.7 Å². The molecule has 0 radical (unpaired) electrons. The SMILES string of the molecule is CC[C@H](C)[C@@H]1NC(=O)CNC(=O)[C@@H]2Cc3c([nH]c4ccccc34)SC[C@@H](C(=O)N[C@@H](CC(=O)NCc3ccc(NC(=O)[C@H](C)NC(=O)[C@@H](NC(=O)CCN4C(=O)C=CC4=O)C(C)C)cc3)C(=O)N3C[C@H](O)C[C@H]3C(=O)N[C@@H]([C@@H](C)[C@@H](O)CO)C(=O)N2)N(C)C(=O)CNC1=O. The molecule has 0 spiro atoms. The minimum atomic E-state index is -1.84. The lowest BCUT2D eigenvalue weighted by Crippen LogP contribution is -2.62. The van der Waals surface area contributed by atoms with Crippen LogP contribution >= 0.6 is 11.8 Å². The van der Waals surface area contributed by atoms with E-state index in [0.29, 0.717) is 33.5 Å². The summed E-state index contributed by atoms with van der Waals surface area (Å²) in [5.41, 5.74) is 1.70. The van der Waals surface area contributed by atoms with Crippen LogP contribution < -0.4 is 53.2 Å². The summed E-state index contributed by atoms with van der Waals surface area (Å²) in [5.74, 6) is -13.8. The number of aromatic nitrogens is 1. The van der Waals surface area contributed by atoms with Gasteiger partial charge in [0.05, 0.1) is 43.4 Å². The van der Waals surface area contributed by atoms with Gasteiger partial charge < -0.3 is 83.3 Å². The molecular weight excluding hydrogens is 1240 g/mol. The molecule has 94 heavy (non-hydrogen) atoms. The number of aliphatic hydroxyl groups excluding tert-OH is 3. The van der Waals surface area contributed by atoms with Gasteiger partial charge in [-0.2, -0.15) is 0 Å². The van der Waals surface area contributed by atoms with Crippen molar-refractivity contribution < 1.29 is 82.4 Å². The summed E-state index contributed by atoms with van der Waals surface area (Å²) in [6.07, 6.45) is -2.29. The number of rotatable bonds is 18. The summed E-state index contributed by atoms with van der Waals surface area (Å²) in [7, 11) is 1.28. The third kappa shape index (κ3) is 18.3. The minimum absolute atomic E-state index is 0.188. The molecule has 14 amide bonds. The van der Waals surface area contributed by atoms with E-state index in [1.165, 1.54) is 33.0 Å². The van der Waals surface area contributed by atoms with Crippen LogP contribution in [0.5, 0.6) is 0 Å². The standard InChI is InChI=1S/C62H82N14O17S/c1-8-31(4)52-58(90)65-26-50(85)74(7)43-29-94-61-38(37-11-9-10-12-39(37)70-61)22-40(55(87)64-25-47(82)72-52)68-60(92)53(32(5)44(79)28-77)73-56(88)42-21-36(78)27-76(42)62(93)41(69-57(43)89)23-46(81)63-24-34-13-15-35(16-14-34)67-54(86)33(6)66-59(91)51(30(2)3)71-45(80)19-20-75-48(83)17-18-49(75)84/h9-18,30-33,36,40-44,51-53,70,77-79H,8,19-29H2,1-7H3,(H,63,81)(H,64,87)(H,65,90)(H,66,91)(H,67,86)(H,68,92)(H,69,89)(H,71,80)(H,72,82)(H,73,88)/t31-,32-,33-,36+,40-,41-,42-,43-,44-,51-,52-,53-/m0/s1. The van der Waals surface area contributed by atoms with E-state index < -0.39 is 200 Å². The number of nitrogens with zero attached hydrogens (tertiary/aromatic N) is 3. The fourth-order valence-electron chi connectivity index (χ4n) is 11.0. The first-order valence-electron chi connectivity index (χ1n) is 30.9. The molecule has 14 N–H and O–H groups in total. The second-order valence-electron chi connectivity index (χ2n) is 24.1. The molecule has 2 aromatic carbocycles. The first-order chi connectivity index (χ1) is 44.6. The van der Waals surface area contributed by atoms with Gasteiger partial charge in [0.15, 0.2) is 0 Å². The van der Waals surface area contributed by atoms with Gasteiger partial charge in [-0.25, -0.2) is 0 Å². The molecular formula is C62H82N14O17S. The fourth-order valence-corrected chi connectivity index (χ4v) is 12.2. The zero-order valence-corrected chi connectivity index (χ0v) is 53.9. The number of para-hydroxylation sites is 1. The zero-order chi connectivity index (χ0) is 68.8. The third-order valence-electron chi connectivity index (χ3n) is 17.0. The van der Waals surface area contributed by atoms with E-state index in [9.17, 15) is 72.9 Å². The van der Waals surface area contributed by atoms with E-state index >= 15 is 9.59 Å². The number of benzene rings is 2. The smallest absolute Gasteiger partial charge is 0.253 e. The van der Waals surface area contributed by atoms with Gasteiger partial charge in [-0.1, -0.05) is 71.4 Å². The lowest BCUT2D eigenvalue weighted by Gasteiger charge is -2.33. The van der Waals surface area contributed by atoms with Crippen molar-refractivity contribution in [3.05, 3.63) is 71.8 Å². The summed E-state index contributed by atoms with van der Waals surface area (Å²) in [6, 6.07) is 1.28. The van der Waals surface area contributed by atoms with E-state index in [2.05, 4.69) is 58.2 Å². The number of amides is 14. The Morgan fingerprint density at radius 2 is 1.41 bits per heavy atom. The van der Waals surface area contributed by atoms with Gasteiger partial charge in [-0.3, -0.25) is 72.0 Å². The average molecular weight is 1330 g/mol. The van der Waals surface area contributed by atoms with E-state index in [1.807, 2.05) is 0 Å². The van der Waals surface area contributed by atoms with Crippen LogP contribution in [-0.4, -0.2) is 224 Å². The number of aromatic amines is 1. The lowest BCUT2D eigenvalue weighted by molar-refractivity contribution is -0.145. The van der Waals surface area contributed by atoms with Crippen molar-refractivity contribution in [2.75, 3.05) is 50.9 Å². The number of fused-ring (bicyclic) bond motifs is 5. The van der Waals surface area contributed by atoms with E-state index in [4.69, 9.17) is 0 Å². The maximum absolute atomic E-state index is 15.1. The Labute approximate surface area is 545 Å². The molecule has 31 nitrogen and oxygen atoms in total. The highest BCUT2D eigenvalue weighted by Crippen LogP contribution is 2.33. The number of carbonyl (C=O) groups excluding carboxylic acids is 14. The van der Waals surface area contributed by atoms with Crippen LogP contribution in [-0.2, 0) is 80.1 Å². The Balaban J connectivity index is 1.15. The number of anilines is 1. The monoisotopic (exact) mass is 1330 g/mol. The largest absolute Gasteiger partial charge is 0.394 e. The molecule has 5 heterocycles. The van der Waals surface area contributed by atoms with Crippen molar-refractivity contribution in [1.82, 2.24) is 67.5 Å². The van der Waals surface area contributed by atoms with Gasteiger partial charge in [0.1, 0.15) is 48.3 Å².